The molecular formula is C26H24Cl2N2O6. The molecule has 0 aliphatic rings. The van der Waals surface area contributed by atoms with Gasteiger partial charge < -0.3 is 24.8 Å². The molecule has 36 heavy (non-hydrogen) atoms. The summed E-state index contributed by atoms with van der Waals surface area (Å²) < 4.78 is 16.0. The van der Waals surface area contributed by atoms with Gasteiger partial charge in [-0.25, -0.2) is 0 Å². The summed E-state index contributed by atoms with van der Waals surface area (Å²) in [6, 6.07) is 18.8. The first-order valence-corrected chi connectivity index (χ1v) is 11.7. The van der Waals surface area contributed by atoms with Crippen molar-refractivity contribution in [3.8, 4) is 17.2 Å². The monoisotopic (exact) mass is 530 g/mol. The second-order valence-electron chi connectivity index (χ2n) is 7.51. The molecule has 0 saturated heterocycles. The van der Waals surface area contributed by atoms with Gasteiger partial charge in [-0.05, 0) is 61.0 Å². The lowest BCUT2D eigenvalue weighted by Gasteiger charge is -2.11. The van der Waals surface area contributed by atoms with Gasteiger partial charge in [-0.2, -0.15) is 0 Å². The predicted molar refractivity (Wildman–Crippen MR) is 138 cm³/mol. The summed E-state index contributed by atoms with van der Waals surface area (Å²) in [4.78, 5) is 36.0. The first-order valence-electron chi connectivity index (χ1n) is 11.0. The number of carbonyl (C=O) groups excluding carboxylic acids is 3. The van der Waals surface area contributed by atoms with E-state index >= 15 is 0 Å². The molecule has 188 valence electrons. The molecule has 0 aliphatic carbocycles. The van der Waals surface area contributed by atoms with Crippen LogP contribution in [-0.4, -0.2) is 31.5 Å². The highest BCUT2D eigenvalue weighted by molar-refractivity contribution is 6.35. The number of hydrogen-bond acceptors (Lipinski definition) is 6. The first kappa shape index (κ1) is 26.8. The third-order valence-electron chi connectivity index (χ3n) is 4.79. The fraction of sp³-hybridized carbons (Fsp3) is 0.192. The van der Waals surface area contributed by atoms with Crippen molar-refractivity contribution in [1.82, 2.24) is 0 Å². The van der Waals surface area contributed by atoms with E-state index in [4.69, 9.17) is 37.4 Å². The SMILES string of the molecule is COc1ccccc1Oc1ccc(NC(=O)CCCC(=O)OCC(=O)Nc2cc(Cl)ccc2Cl)cc1. The van der Waals surface area contributed by atoms with Crippen LogP contribution in [0, 0.1) is 0 Å². The van der Waals surface area contributed by atoms with Gasteiger partial charge in [0.2, 0.25) is 5.91 Å². The van der Waals surface area contributed by atoms with Crippen LogP contribution in [0.5, 0.6) is 17.2 Å². The Balaban J connectivity index is 1.35. The Morgan fingerprint density at radius 3 is 2.28 bits per heavy atom. The lowest BCUT2D eigenvalue weighted by molar-refractivity contribution is -0.147. The van der Waals surface area contributed by atoms with Crippen molar-refractivity contribution < 1.29 is 28.6 Å². The largest absolute Gasteiger partial charge is 0.493 e. The number of esters is 1. The van der Waals surface area contributed by atoms with Crippen molar-refractivity contribution in [2.75, 3.05) is 24.4 Å². The summed E-state index contributed by atoms with van der Waals surface area (Å²) in [6.45, 7) is -0.475. The molecule has 0 radical (unpaired) electrons. The number of benzene rings is 3. The van der Waals surface area contributed by atoms with Gasteiger partial charge in [0.1, 0.15) is 5.75 Å². The van der Waals surface area contributed by atoms with Crippen LogP contribution in [0.25, 0.3) is 0 Å². The summed E-state index contributed by atoms with van der Waals surface area (Å²) in [5, 5.41) is 5.99. The van der Waals surface area contributed by atoms with Crippen LogP contribution in [-0.2, 0) is 19.1 Å². The molecule has 0 aromatic heterocycles. The minimum atomic E-state index is -0.590. The van der Waals surface area contributed by atoms with E-state index in [0.717, 1.165) is 0 Å². The van der Waals surface area contributed by atoms with Crippen molar-refractivity contribution in [3.63, 3.8) is 0 Å². The molecule has 10 heteroatoms. The molecule has 0 unspecified atom stereocenters. The third-order valence-corrected chi connectivity index (χ3v) is 5.35. The molecule has 3 aromatic rings. The number of halogens is 2. The lowest BCUT2D eigenvalue weighted by Crippen LogP contribution is -2.21. The number of carbonyl (C=O) groups is 3. The van der Waals surface area contributed by atoms with Gasteiger partial charge in [-0.3, -0.25) is 14.4 Å². The third kappa shape index (κ3) is 8.48. The van der Waals surface area contributed by atoms with Crippen molar-refractivity contribution in [1.29, 1.82) is 0 Å². The highest BCUT2D eigenvalue weighted by atomic mass is 35.5. The summed E-state index contributed by atoms with van der Waals surface area (Å²) in [7, 11) is 1.57. The fourth-order valence-electron chi connectivity index (χ4n) is 3.05. The molecule has 8 nitrogen and oxygen atoms in total. The normalized spacial score (nSPS) is 10.3. The number of methoxy groups -OCH3 is 1. The van der Waals surface area contributed by atoms with Crippen LogP contribution in [0.3, 0.4) is 0 Å². The summed E-state index contributed by atoms with van der Waals surface area (Å²) in [5.74, 6) is 0.377. The molecule has 0 bridgehead atoms. The molecule has 0 saturated carbocycles. The Hall–Kier alpha value is -3.75. The van der Waals surface area contributed by atoms with Gasteiger partial charge in [0.05, 0.1) is 17.8 Å². The number of nitrogens with one attached hydrogen (secondary N) is 2. The predicted octanol–water partition coefficient (Wildman–Crippen LogP) is 6.09. The van der Waals surface area contributed by atoms with Gasteiger partial charge in [0.25, 0.3) is 5.91 Å². The number of ether oxygens (including phenoxy) is 3. The topological polar surface area (TPSA) is 103 Å². The molecule has 0 heterocycles. The van der Waals surface area contributed by atoms with Crippen LogP contribution in [0.1, 0.15) is 19.3 Å². The standard InChI is InChI=1S/C26H24Cl2N2O6/c1-34-22-5-2-3-6-23(22)36-19-12-10-18(11-13-19)29-24(31)7-4-8-26(33)35-16-25(32)30-21-15-17(27)9-14-20(21)28/h2-3,5-6,9-15H,4,7-8,16H2,1H3,(H,29,31)(H,30,32). The molecule has 3 rings (SSSR count). The average Bonchev–Trinajstić information content (AvgIpc) is 2.86. The maximum Gasteiger partial charge on any atom is 0.306 e. The van der Waals surface area contributed by atoms with Crippen LogP contribution in [0.2, 0.25) is 10.0 Å². The van der Waals surface area contributed by atoms with Crippen molar-refractivity contribution in [2.24, 2.45) is 0 Å². The van der Waals surface area contributed by atoms with E-state index in [2.05, 4.69) is 10.6 Å². The molecule has 2 N–H and O–H groups in total. The summed E-state index contributed by atoms with van der Waals surface area (Å²) in [6.07, 6.45) is 0.366. The molecule has 0 aliphatic heterocycles. The quantitative estimate of drug-likeness (QED) is 0.291. The second kappa shape index (κ2) is 13.4. The molecule has 0 spiro atoms. The first-order chi connectivity index (χ1) is 17.3. The maximum absolute atomic E-state index is 12.2. The van der Waals surface area contributed by atoms with Crippen LogP contribution in [0.4, 0.5) is 11.4 Å². The molecule has 3 aromatic carbocycles. The zero-order valence-electron chi connectivity index (χ0n) is 19.4. The van der Waals surface area contributed by atoms with Crippen molar-refractivity contribution in [2.45, 2.75) is 19.3 Å². The van der Waals surface area contributed by atoms with E-state index < -0.39 is 18.5 Å². The Morgan fingerprint density at radius 1 is 0.833 bits per heavy atom. The number of anilines is 2. The van der Waals surface area contributed by atoms with E-state index in [0.29, 0.717) is 38.7 Å². The second-order valence-corrected chi connectivity index (χ2v) is 8.36. The number of hydrogen-bond donors (Lipinski definition) is 2. The molecular weight excluding hydrogens is 507 g/mol. The highest BCUT2D eigenvalue weighted by Crippen LogP contribution is 2.31. The zero-order valence-corrected chi connectivity index (χ0v) is 20.9. The fourth-order valence-corrected chi connectivity index (χ4v) is 3.39. The highest BCUT2D eigenvalue weighted by Gasteiger charge is 2.12. The van der Waals surface area contributed by atoms with Crippen LogP contribution < -0.4 is 20.1 Å². The van der Waals surface area contributed by atoms with Gasteiger partial charge in [0, 0.05) is 23.6 Å². The Labute approximate surface area is 218 Å². The summed E-state index contributed by atoms with van der Waals surface area (Å²) >= 11 is 11.9. The smallest absolute Gasteiger partial charge is 0.306 e. The Morgan fingerprint density at radius 2 is 1.56 bits per heavy atom. The van der Waals surface area contributed by atoms with E-state index in [1.807, 2.05) is 12.1 Å². The van der Waals surface area contributed by atoms with Gasteiger partial charge in [-0.1, -0.05) is 35.3 Å². The lowest BCUT2D eigenvalue weighted by atomic mass is 10.2. The van der Waals surface area contributed by atoms with E-state index in [-0.39, 0.29) is 25.2 Å². The number of para-hydroxylation sites is 2. The van der Waals surface area contributed by atoms with Gasteiger partial charge in [0.15, 0.2) is 18.1 Å². The van der Waals surface area contributed by atoms with Crippen LogP contribution >= 0.6 is 23.2 Å². The minimum absolute atomic E-state index is 0.00962. The van der Waals surface area contributed by atoms with Gasteiger partial charge in [-0.15, -0.1) is 0 Å². The number of amides is 2. The van der Waals surface area contributed by atoms with E-state index in [9.17, 15) is 14.4 Å². The number of rotatable bonds is 11. The Bertz CT molecular complexity index is 1220. The van der Waals surface area contributed by atoms with Gasteiger partial charge >= 0.3 is 5.97 Å². The zero-order chi connectivity index (χ0) is 25.9. The molecule has 2 amide bonds. The van der Waals surface area contributed by atoms with E-state index in [1.54, 1.807) is 55.6 Å². The van der Waals surface area contributed by atoms with Crippen molar-refractivity contribution in [3.05, 3.63) is 76.8 Å². The molecule has 0 fully saturated rings. The minimum Gasteiger partial charge on any atom is -0.493 e. The summed E-state index contributed by atoms with van der Waals surface area (Å²) in [5.41, 5.74) is 0.910. The maximum atomic E-state index is 12.2. The average molecular weight is 531 g/mol. The van der Waals surface area contributed by atoms with Crippen molar-refractivity contribution >= 4 is 52.4 Å². The van der Waals surface area contributed by atoms with E-state index in [1.165, 1.54) is 6.07 Å². The van der Waals surface area contributed by atoms with Crippen LogP contribution in [0.15, 0.2) is 66.7 Å². The Kier molecular flexibility index (Phi) is 9.97. The molecule has 0 atom stereocenters.